The van der Waals surface area contributed by atoms with E-state index < -0.39 is 4.92 Å². The van der Waals surface area contributed by atoms with Gasteiger partial charge in [-0.15, -0.1) is 0 Å². The smallest absolute Gasteiger partial charge is 0.269 e. The molecule has 80 valence electrons. The predicted molar refractivity (Wildman–Crippen MR) is 52.5 cm³/mol. The van der Waals surface area contributed by atoms with E-state index in [2.05, 4.69) is 5.32 Å². The van der Waals surface area contributed by atoms with Crippen molar-refractivity contribution < 1.29 is 14.8 Å². The molecule has 1 aromatic rings. The minimum Gasteiger partial charge on any atom is -0.508 e. The molecule has 1 amide bonds. The number of hydrogen-bond acceptors (Lipinski definition) is 4. The Morgan fingerprint density at radius 3 is 2.80 bits per heavy atom. The van der Waals surface area contributed by atoms with Crippen molar-refractivity contribution in [3.8, 4) is 5.75 Å². The van der Waals surface area contributed by atoms with E-state index in [0.717, 1.165) is 0 Å². The zero-order valence-electron chi connectivity index (χ0n) is 8.06. The number of hydrogen-bond donors (Lipinski definition) is 2. The summed E-state index contributed by atoms with van der Waals surface area (Å²) >= 11 is 0. The summed E-state index contributed by atoms with van der Waals surface area (Å²) in [5, 5.41) is 22.2. The molecule has 0 heterocycles. The zero-order valence-corrected chi connectivity index (χ0v) is 8.06. The number of carbonyl (C=O) groups is 1. The number of nitro benzene ring substituents is 1. The molecule has 0 aliphatic carbocycles. The van der Waals surface area contributed by atoms with Crippen LogP contribution in [0, 0.1) is 10.1 Å². The van der Waals surface area contributed by atoms with Crippen LogP contribution in [0.1, 0.15) is 5.56 Å². The Morgan fingerprint density at radius 2 is 2.27 bits per heavy atom. The molecule has 0 atom stereocenters. The number of rotatable bonds is 3. The van der Waals surface area contributed by atoms with E-state index in [4.69, 9.17) is 0 Å². The summed E-state index contributed by atoms with van der Waals surface area (Å²) in [7, 11) is 1.46. The van der Waals surface area contributed by atoms with Crippen molar-refractivity contribution in [1.82, 2.24) is 5.32 Å². The van der Waals surface area contributed by atoms with Gasteiger partial charge in [-0.25, -0.2) is 0 Å². The van der Waals surface area contributed by atoms with Crippen molar-refractivity contribution in [2.75, 3.05) is 7.05 Å². The molecule has 0 unspecified atom stereocenters. The number of nitro groups is 1. The fourth-order valence-electron chi connectivity index (χ4n) is 1.09. The summed E-state index contributed by atoms with van der Waals surface area (Å²) in [6, 6.07) is 3.57. The molecule has 0 bridgehead atoms. The monoisotopic (exact) mass is 210 g/mol. The molecule has 6 nitrogen and oxygen atoms in total. The Bertz CT molecular complexity index is 403. The molecule has 1 aromatic carbocycles. The lowest BCUT2D eigenvalue weighted by Crippen LogP contribution is -2.20. The summed E-state index contributed by atoms with van der Waals surface area (Å²) in [5.74, 6) is -0.435. The maximum absolute atomic E-state index is 11.0. The lowest BCUT2D eigenvalue weighted by Gasteiger charge is -2.03. The van der Waals surface area contributed by atoms with Gasteiger partial charge < -0.3 is 10.4 Å². The third-order valence-corrected chi connectivity index (χ3v) is 1.90. The van der Waals surface area contributed by atoms with E-state index >= 15 is 0 Å². The van der Waals surface area contributed by atoms with Crippen LogP contribution in [-0.2, 0) is 11.2 Å². The van der Waals surface area contributed by atoms with Crippen molar-refractivity contribution in [2.45, 2.75) is 6.42 Å². The average Bonchev–Trinajstić information content (AvgIpc) is 2.20. The zero-order chi connectivity index (χ0) is 11.4. The maximum Gasteiger partial charge on any atom is 0.269 e. The first-order chi connectivity index (χ1) is 7.04. The van der Waals surface area contributed by atoms with E-state index in [9.17, 15) is 20.0 Å². The summed E-state index contributed by atoms with van der Waals surface area (Å²) in [4.78, 5) is 20.9. The third-order valence-electron chi connectivity index (χ3n) is 1.90. The molecule has 0 saturated heterocycles. The fourth-order valence-corrected chi connectivity index (χ4v) is 1.09. The molecule has 1 rings (SSSR count). The molecule has 2 N–H and O–H groups in total. The van der Waals surface area contributed by atoms with Gasteiger partial charge in [0.15, 0.2) is 0 Å². The highest BCUT2D eigenvalue weighted by Crippen LogP contribution is 2.23. The normalized spacial score (nSPS) is 9.67. The molecule has 0 aliphatic heterocycles. The topological polar surface area (TPSA) is 92.5 Å². The van der Waals surface area contributed by atoms with Crippen LogP contribution in [0.15, 0.2) is 18.2 Å². The Kier molecular flexibility index (Phi) is 3.22. The predicted octanol–water partition coefficient (Wildman–Crippen LogP) is 0.589. The van der Waals surface area contributed by atoms with E-state index in [-0.39, 0.29) is 29.3 Å². The van der Waals surface area contributed by atoms with Gasteiger partial charge in [-0.3, -0.25) is 14.9 Å². The number of benzene rings is 1. The minimum absolute atomic E-state index is 0.0794. The molecule has 0 aliphatic rings. The van der Waals surface area contributed by atoms with Gasteiger partial charge in [0.1, 0.15) is 5.75 Å². The van der Waals surface area contributed by atoms with Gasteiger partial charge in [0.05, 0.1) is 11.3 Å². The quantitative estimate of drug-likeness (QED) is 0.564. The second-order valence-corrected chi connectivity index (χ2v) is 2.92. The van der Waals surface area contributed by atoms with E-state index in [1.165, 1.54) is 25.2 Å². The third kappa shape index (κ3) is 2.67. The first-order valence-electron chi connectivity index (χ1n) is 4.21. The molecule has 0 saturated carbocycles. The van der Waals surface area contributed by atoms with E-state index in [1.54, 1.807) is 0 Å². The Labute approximate surface area is 85.7 Å². The first kappa shape index (κ1) is 11.0. The van der Waals surface area contributed by atoms with Crippen molar-refractivity contribution in [2.24, 2.45) is 0 Å². The van der Waals surface area contributed by atoms with Gasteiger partial charge in [0, 0.05) is 24.7 Å². The summed E-state index contributed by atoms with van der Waals surface area (Å²) in [5.41, 5.74) is 0.0928. The number of likely N-dealkylation sites (N-methyl/N-ethyl adjacent to an activating group) is 1. The van der Waals surface area contributed by atoms with Crippen molar-refractivity contribution >= 4 is 11.6 Å². The number of nitrogens with zero attached hydrogens (tertiary/aromatic N) is 1. The molecule has 0 spiro atoms. The van der Waals surface area contributed by atoms with Crippen LogP contribution < -0.4 is 5.32 Å². The van der Waals surface area contributed by atoms with Crippen LogP contribution in [0.25, 0.3) is 0 Å². The summed E-state index contributed by atoms with van der Waals surface area (Å²) < 4.78 is 0. The van der Waals surface area contributed by atoms with Gasteiger partial charge in [-0.1, -0.05) is 0 Å². The second kappa shape index (κ2) is 4.41. The number of non-ortho nitro benzene ring substituents is 1. The summed E-state index contributed by atoms with van der Waals surface area (Å²) in [6.45, 7) is 0. The minimum atomic E-state index is -0.577. The maximum atomic E-state index is 11.0. The number of phenols is 1. The van der Waals surface area contributed by atoms with Gasteiger partial charge in [-0.2, -0.15) is 0 Å². The molecule has 0 fully saturated rings. The van der Waals surface area contributed by atoms with Crippen LogP contribution in [0.4, 0.5) is 5.69 Å². The van der Waals surface area contributed by atoms with Gasteiger partial charge in [0.25, 0.3) is 5.69 Å². The number of amides is 1. The van der Waals surface area contributed by atoms with Crippen molar-refractivity contribution in [1.29, 1.82) is 0 Å². The molecule has 6 heteroatoms. The summed E-state index contributed by atoms with van der Waals surface area (Å²) in [6.07, 6.45) is -0.0794. The lowest BCUT2D eigenvalue weighted by atomic mass is 10.1. The number of phenolic OH excluding ortho intramolecular Hbond substituents is 1. The van der Waals surface area contributed by atoms with Crippen LogP contribution >= 0.6 is 0 Å². The average molecular weight is 210 g/mol. The van der Waals surface area contributed by atoms with Crippen molar-refractivity contribution in [3.63, 3.8) is 0 Å². The van der Waals surface area contributed by atoms with Crippen LogP contribution in [0.3, 0.4) is 0 Å². The SMILES string of the molecule is CNC(=O)Cc1cc([N+](=O)[O-])ccc1O. The highest BCUT2D eigenvalue weighted by Gasteiger charge is 2.12. The first-order valence-corrected chi connectivity index (χ1v) is 4.21. The van der Waals surface area contributed by atoms with E-state index in [1.807, 2.05) is 0 Å². The molecular formula is C9H10N2O4. The van der Waals surface area contributed by atoms with E-state index in [0.29, 0.717) is 0 Å². The molecular weight excluding hydrogens is 200 g/mol. The van der Waals surface area contributed by atoms with Crippen molar-refractivity contribution in [3.05, 3.63) is 33.9 Å². The Balaban J connectivity index is 3.00. The molecule has 0 radical (unpaired) electrons. The Hall–Kier alpha value is -2.11. The van der Waals surface area contributed by atoms with Gasteiger partial charge >= 0.3 is 0 Å². The van der Waals surface area contributed by atoms with Crippen LogP contribution in [0.5, 0.6) is 5.75 Å². The van der Waals surface area contributed by atoms with Crippen LogP contribution in [-0.4, -0.2) is 23.0 Å². The number of carbonyl (C=O) groups excluding carboxylic acids is 1. The van der Waals surface area contributed by atoms with Gasteiger partial charge in [-0.05, 0) is 6.07 Å². The number of nitrogens with one attached hydrogen (secondary N) is 1. The highest BCUT2D eigenvalue weighted by molar-refractivity contribution is 5.79. The standard InChI is InChI=1S/C9H10N2O4/c1-10-9(13)5-6-4-7(11(14)15)2-3-8(6)12/h2-4,12H,5H2,1H3,(H,10,13). The highest BCUT2D eigenvalue weighted by atomic mass is 16.6. The second-order valence-electron chi connectivity index (χ2n) is 2.92. The van der Waals surface area contributed by atoms with Crippen LogP contribution in [0.2, 0.25) is 0 Å². The Morgan fingerprint density at radius 1 is 1.60 bits per heavy atom. The lowest BCUT2D eigenvalue weighted by molar-refractivity contribution is -0.384. The van der Waals surface area contributed by atoms with Gasteiger partial charge in [0.2, 0.25) is 5.91 Å². The fraction of sp³-hybridized carbons (Fsp3) is 0.222. The number of aromatic hydroxyl groups is 1. The molecule has 15 heavy (non-hydrogen) atoms. The molecule has 0 aromatic heterocycles. The largest absolute Gasteiger partial charge is 0.508 e.